The Bertz CT molecular complexity index is 687. The van der Waals surface area contributed by atoms with Gasteiger partial charge >= 0.3 is 6.03 Å². The summed E-state index contributed by atoms with van der Waals surface area (Å²) in [6.45, 7) is 1.56. The molecule has 0 radical (unpaired) electrons. The zero-order chi connectivity index (χ0) is 16.3. The number of nitrogens with zero attached hydrogens (tertiary/aromatic N) is 2. The van der Waals surface area contributed by atoms with E-state index in [9.17, 15) is 18.7 Å². The molecule has 2 rings (SSSR count). The molecule has 1 aromatic carbocycles. The van der Waals surface area contributed by atoms with Gasteiger partial charge in [0.05, 0.1) is 11.8 Å². The van der Waals surface area contributed by atoms with Crippen LogP contribution in [-0.4, -0.2) is 27.5 Å². The molecular weight excluding hydrogens is 294 g/mol. The number of aliphatic hydroxyl groups excluding tert-OH is 1. The smallest absolute Gasteiger partial charge is 0.320 e. The first kappa shape index (κ1) is 15.9. The van der Waals surface area contributed by atoms with Gasteiger partial charge in [-0.25, -0.2) is 13.6 Å². The van der Waals surface area contributed by atoms with Crippen LogP contribution < -0.4 is 10.6 Å². The van der Waals surface area contributed by atoms with Crippen molar-refractivity contribution < 1.29 is 18.7 Å². The second-order valence-corrected chi connectivity index (χ2v) is 4.81. The van der Waals surface area contributed by atoms with Crippen molar-refractivity contribution in [1.82, 2.24) is 15.1 Å². The van der Waals surface area contributed by atoms with Gasteiger partial charge in [0.1, 0.15) is 17.5 Å². The van der Waals surface area contributed by atoms with E-state index < -0.39 is 23.8 Å². The molecule has 1 heterocycles. The standard InChI is InChI=1S/C14H16F2N4O2/c1-8-5-13(20(2)19-8)18-14(22)17-7-12(21)10-4-3-9(15)6-11(10)16/h3-6,12,21H,7H2,1-2H3,(H2,17,18,22). The first-order chi connectivity index (χ1) is 10.4. The molecule has 0 aliphatic heterocycles. The molecule has 0 spiro atoms. The van der Waals surface area contributed by atoms with Gasteiger partial charge in [-0.05, 0) is 13.0 Å². The van der Waals surface area contributed by atoms with Crippen LogP contribution in [0.2, 0.25) is 0 Å². The lowest BCUT2D eigenvalue weighted by Crippen LogP contribution is -2.33. The lowest BCUT2D eigenvalue weighted by molar-refractivity contribution is 0.170. The maximum absolute atomic E-state index is 13.5. The van der Waals surface area contributed by atoms with Gasteiger partial charge in [0.25, 0.3) is 0 Å². The maximum Gasteiger partial charge on any atom is 0.320 e. The number of carbonyl (C=O) groups excluding carboxylic acids is 1. The van der Waals surface area contributed by atoms with Crippen LogP contribution in [0, 0.1) is 18.6 Å². The van der Waals surface area contributed by atoms with Crippen LogP contribution in [0.4, 0.5) is 19.4 Å². The highest BCUT2D eigenvalue weighted by Crippen LogP contribution is 2.17. The Balaban J connectivity index is 1.91. The normalized spacial score (nSPS) is 12.0. The molecule has 2 amide bonds. The number of carbonyl (C=O) groups is 1. The number of anilines is 1. The average Bonchev–Trinajstić information content (AvgIpc) is 2.74. The summed E-state index contributed by atoms with van der Waals surface area (Å²) in [5.74, 6) is -1.11. The molecule has 6 nitrogen and oxygen atoms in total. The van der Waals surface area contributed by atoms with E-state index in [2.05, 4.69) is 15.7 Å². The van der Waals surface area contributed by atoms with E-state index in [0.717, 1.165) is 17.8 Å². The van der Waals surface area contributed by atoms with Crippen molar-refractivity contribution in [3.8, 4) is 0 Å². The molecule has 0 aliphatic rings. The summed E-state index contributed by atoms with van der Waals surface area (Å²) in [6, 6.07) is 3.97. The zero-order valence-electron chi connectivity index (χ0n) is 12.1. The van der Waals surface area contributed by atoms with Gasteiger partial charge < -0.3 is 10.4 Å². The third kappa shape index (κ3) is 3.79. The molecule has 1 aromatic heterocycles. The molecule has 3 N–H and O–H groups in total. The first-order valence-corrected chi connectivity index (χ1v) is 6.55. The minimum atomic E-state index is -1.28. The number of aryl methyl sites for hydroxylation is 2. The lowest BCUT2D eigenvalue weighted by Gasteiger charge is -2.13. The van der Waals surface area contributed by atoms with Gasteiger partial charge in [-0.3, -0.25) is 10.00 Å². The fourth-order valence-electron chi connectivity index (χ4n) is 1.96. The van der Waals surface area contributed by atoms with E-state index in [1.54, 1.807) is 20.0 Å². The Labute approximate surface area is 125 Å². The van der Waals surface area contributed by atoms with E-state index in [1.807, 2.05) is 0 Å². The van der Waals surface area contributed by atoms with Crippen molar-refractivity contribution in [3.05, 3.63) is 47.2 Å². The van der Waals surface area contributed by atoms with Crippen LogP contribution in [0.25, 0.3) is 0 Å². The third-order valence-electron chi connectivity index (χ3n) is 3.02. The predicted octanol–water partition coefficient (Wildman–Crippen LogP) is 1.86. The van der Waals surface area contributed by atoms with Crippen molar-refractivity contribution in [1.29, 1.82) is 0 Å². The molecule has 22 heavy (non-hydrogen) atoms. The third-order valence-corrected chi connectivity index (χ3v) is 3.02. The Kier molecular flexibility index (Phi) is 4.71. The van der Waals surface area contributed by atoms with Crippen molar-refractivity contribution in [2.24, 2.45) is 7.05 Å². The highest BCUT2D eigenvalue weighted by molar-refractivity contribution is 5.88. The summed E-state index contributed by atoms with van der Waals surface area (Å²) >= 11 is 0. The first-order valence-electron chi connectivity index (χ1n) is 6.55. The monoisotopic (exact) mass is 310 g/mol. The van der Waals surface area contributed by atoms with E-state index in [1.165, 1.54) is 4.68 Å². The number of hydrogen-bond donors (Lipinski definition) is 3. The molecule has 1 atom stereocenters. The highest BCUT2D eigenvalue weighted by atomic mass is 19.1. The average molecular weight is 310 g/mol. The maximum atomic E-state index is 13.5. The summed E-state index contributed by atoms with van der Waals surface area (Å²) in [5, 5.41) is 18.9. The van der Waals surface area contributed by atoms with E-state index >= 15 is 0 Å². The van der Waals surface area contributed by atoms with Crippen LogP contribution in [0.15, 0.2) is 24.3 Å². The SMILES string of the molecule is Cc1cc(NC(=O)NCC(O)c2ccc(F)cc2F)n(C)n1. The number of aromatic nitrogens is 2. The van der Waals surface area contributed by atoms with Crippen LogP contribution in [-0.2, 0) is 7.05 Å². The number of halogens is 2. The highest BCUT2D eigenvalue weighted by Gasteiger charge is 2.15. The van der Waals surface area contributed by atoms with Gasteiger partial charge in [-0.2, -0.15) is 5.10 Å². The molecule has 1 unspecified atom stereocenters. The molecule has 0 saturated carbocycles. The second kappa shape index (κ2) is 6.52. The van der Waals surface area contributed by atoms with Gasteiger partial charge in [0.2, 0.25) is 0 Å². The van der Waals surface area contributed by atoms with Crippen LogP contribution in [0.5, 0.6) is 0 Å². The van der Waals surface area contributed by atoms with Crippen molar-refractivity contribution in [3.63, 3.8) is 0 Å². The second-order valence-electron chi connectivity index (χ2n) is 4.81. The number of benzene rings is 1. The van der Waals surface area contributed by atoms with Crippen LogP contribution >= 0.6 is 0 Å². The van der Waals surface area contributed by atoms with Crippen molar-refractivity contribution in [2.45, 2.75) is 13.0 Å². The summed E-state index contributed by atoms with van der Waals surface area (Å²) in [4.78, 5) is 11.7. The van der Waals surface area contributed by atoms with Gasteiger partial charge in [-0.15, -0.1) is 0 Å². The fraction of sp³-hybridized carbons (Fsp3) is 0.286. The minimum absolute atomic E-state index is 0.0851. The molecule has 118 valence electrons. The molecule has 2 aromatic rings. The Morgan fingerprint density at radius 3 is 2.73 bits per heavy atom. The topological polar surface area (TPSA) is 79.2 Å². The quantitative estimate of drug-likeness (QED) is 0.806. The van der Waals surface area contributed by atoms with E-state index in [-0.39, 0.29) is 12.1 Å². The van der Waals surface area contributed by atoms with Gasteiger partial charge in [-0.1, -0.05) is 6.07 Å². The van der Waals surface area contributed by atoms with Crippen molar-refractivity contribution >= 4 is 11.8 Å². The number of amides is 2. The summed E-state index contributed by atoms with van der Waals surface area (Å²) < 4.78 is 27.8. The molecule has 0 bridgehead atoms. The number of rotatable bonds is 4. The molecule has 0 saturated heterocycles. The van der Waals surface area contributed by atoms with Crippen LogP contribution in [0.3, 0.4) is 0 Å². The molecule has 8 heteroatoms. The minimum Gasteiger partial charge on any atom is -0.386 e. The largest absolute Gasteiger partial charge is 0.386 e. The van der Waals surface area contributed by atoms with E-state index in [4.69, 9.17) is 0 Å². The number of hydrogen-bond acceptors (Lipinski definition) is 3. The summed E-state index contributed by atoms with van der Waals surface area (Å²) in [6.07, 6.45) is -1.28. The van der Waals surface area contributed by atoms with Crippen LogP contribution in [0.1, 0.15) is 17.4 Å². The zero-order valence-corrected chi connectivity index (χ0v) is 12.1. The molecule has 0 fully saturated rings. The van der Waals surface area contributed by atoms with Gasteiger partial charge in [0, 0.05) is 31.3 Å². The number of aliphatic hydroxyl groups is 1. The fourth-order valence-corrected chi connectivity index (χ4v) is 1.96. The molecular formula is C14H16F2N4O2. The summed E-state index contributed by atoms with van der Waals surface area (Å²) in [5.41, 5.74) is 0.657. The lowest BCUT2D eigenvalue weighted by atomic mass is 10.1. The van der Waals surface area contributed by atoms with Crippen molar-refractivity contribution in [2.75, 3.05) is 11.9 Å². The summed E-state index contributed by atoms with van der Waals surface area (Å²) in [7, 11) is 1.67. The van der Waals surface area contributed by atoms with E-state index in [0.29, 0.717) is 11.9 Å². The predicted molar refractivity (Wildman–Crippen MR) is 76.3 cm³/mol. The van der Waals surface area contributed by atoms with Gasteiger partial charge in [0.15, 0.2) is 0 Å². The Hall–Kier alpha value is -2.48. The molecule has 0 aliphatic carbocycles. The number of nitrogens with one attached hydrogen (secondary N) is 2. The number of urea groups is 1. The Morgan fingerprint density at radius 2 is 2.14 bits per heavy atom. The Morgan fingerprint density at radius 1 is 1.41 bits per heavy atom.